The number of carbonyl (C=O) groups is 2. The summed E-state index contributed by atoms with van der Waals surface area (Å²) in [5.41, 5.74) is 1.43. The van der Waals surface area contributed by atoms with Gasteiger partial charge >= 0.3 is 6.09 Å². The number of hydrogen-bond donors (Lipinski definition) is 2. The van der Waals surface area contributed by atoms with E-state index in [9.17, 15) is 14.7 Å². The number of benzene rings is 1. The summed E-state index contributed by atoms with van der Waals surface area (Å²) in [7, 11) is 0. The number of aromatic nitrogens is 2. The third kappa shape index (κ3) is 5.42. The Labute approximate surface area is 150 Å². The van der Waals surface area contributed by atoms with Crippen molar-refractivity contribution in [3.8, 4) is 0 Å². The highest BCUT2D eigenvalue weighted by Crippen LogP contribution is 2.09. The number of amides is 2. The van der Waals surface area contributed by atoms with Crippen LogP contribution in [-0.4, -0.2) is 44.6 Å². The zero-order valence-corrected chi connectivity index (χ0v) is 14.5. The van der Waals surface area contributed by atoms with Gasteiger partial charge in [-0.3, -0.25) is 14.7 Å². The van der Waals surface area contributed by atoms with Crippen LogP contribution in [0.25, 0.3) is 0 Å². The summed E-state index contributed by atoms with van der Waals surface area (Å²) < 4.78 is 0. The van der Waals surface area contributed by atoms with Crippen molar-refractivity contribution in [2.75, 3.05) is 6.54 Å². The highest BCUT2D eigenvalue weighted by atomic mass is 35.5. The smallest absolute Gasteiger partial charge is 0.407 e. The lowest BCUT2D eigenvalue weighted by Gasteiger charge is -2.25. The fourth-order valence-corrected chi connectivity index (χ4v) is 2.45. The highest BCUT2D eigenvalue weighted by Gasteiger charge is 2.25. The predicted molar refractivity (Wildman–Crippen MR) is 93.2 cm³/mol. The maximum absolute atomic E-state index is 12.3. The Morgan fingerprint density at radius 1 is 1.24 bits per heavy atom. The van der Waals surface area contributed by atoms with Gasteiger partial charge in [-0.25, -0.2) is 9.78 Å². The zero-order valence-electron chi connectivity index (χ0n) is 13.7. The van der Waals surface area contributed by atoms with Crippen molar-refractivity contribution in [1.82, 2.24) is 20.2 Å². The van der Waals surface area contributed by atoms with Crippen LogP contribution in [0.5, 0.6) is 0 Å². The maximum Gasteiger partial charge on any atom is 0.407 e. The molecule has 0 fully saturated rings. The van der Waals surface area contributed by atoms with Crippen LogP contribution in [0, 0.1) is 0 Å². The van der Waals surface area contributed by atoms with E-state index in [4.69, 9.17) is 11.6 Å². The van der Waals surface area contributed by atoms with Gasteiger partial charge in [0.1, 0.15) is 6.04 Å². The molecule has 1 aromatic heterocycles. The number of rotatable bonds is 7. The Morgan fingerprint density at radius 2 is 1.92 bits per heavy atom. The van der Waals surface area contributed by atoms with Gasteiger partial charge in [0, 0.05) is 18.9 Å². The molecule has 2 amide bonds. The summed E-state index contributed by atoms with van der Waals surface area (Å²) in [5.74, 6) is -0.419. The first kappa shape index (κ1) is 18.7. The van der Waals surface area contributed by atoms with E-state index in [2.05, 4.69) is 15.3 Å². The molecule has 1 aromatic carbocycles. The number of carbonyl (C=O) groups excluding carboxylic acids is 1. The molecule has 0 spiro atoms. The molecule has 2 N–H and O–H groups in total. The molecular formula is C17H19ClN4O3. The van der Waals surface area contributed by atoms with Crippen LogP contribution in [0.15, 0.2) is 42.7 Å². The summed E-state index contributed by atoms with van der Waals surface area (Å²) >= 11 is 5.89. The number of nitrogens with zero attached hydrogens (tertiary/aromatic N) is 3. The van der Waals surface area contributed by atoms with Crippen LogP contribution in [0.4, 0.5) is 4.79 Å². The maximum atomic E-state index is 12.3. The normalized spacial score (nSPS) is 11.6. The van der Waals surface area contributed by atoms with Gasteiger partial charge in [-0.05, 0) is 18.9 Å². The first-order valence-electron chi connectivity index (χ1n) is 7.75. The van der Waals surface area contributed by atoms with Crippen molar-refractivity contribution in [3.63, 3.8) is 0 Å². The third-order valence-electron chi connectivity index (χ3n) is 3.73. The van der Waals surface area contributed by atoms with Gasteiger partial charge in [0.05, 0.1) is 12.2 Å². The summed E-state index contributed by atoms with van der Waals surface area (Å²) in [6.07, 6.45) is 2.31. The van der Waals surface area contributed by atoms with E-state index in [1.54, 1.807) is 6.92 Å². The minimum atomic E-state index is -1.14. The Hall–Kier alpha value is -2.67. The number of nitrogens with one attached hydrogen (secondary N) is 1. The van der Waals surface area contributed by atoms with Crippen LogP contribution in [0.2, 0.25) is 5.15 Å². The molecule has 7 nitrogen and oxygen atoms in total. The third-order valence-corrected chi connectivity index (χ3v) is 4.05. The van der Waals surface area contributed by atoms with Crippen molar-refractivity contribution >= 4 is 23.6 Å². The fraction of sp³-hybridized carbons (Fsp3) is 0.294. The molecule has 0 bridgehead atoms. The Balaban J connectivity index is 1.94. The summed E-state index contributed by atoms with van der Waals surface area (Å²) in [6, 6.07) is 8.67. The van der Waals surface area contributed by atoms with E-state index in [1.165, 1.54) is 12.4 Å². The van der Waals surface area contributed by atoms with Gasteiger partial charge in [0.25, 0.3) is 0 Å². The lowest BCUT2D eigenvalue weighted by atomic mass is 10.1. The number of halogens is 1. The van der Waals surface area contributed by atoms with Crippen molar-refractivity contribution in [1.29, 1.82) is 0 Å². The topological polar surface area (TPSA) is 95.4 Å². The van der Waals surface area contributed by atoms with Gasteiger partial charge in [-0.2, -0.15) is 0 Å². The average Bonchev–Trinajstić information content (AvgIpc) is 2.61. The minimum absolute atomic E-state index is 0.0853. The van der Waals surface area contributed by atoms with E-state index in [-0.39, 0.29) is 18.2 Å². The monoisotopic (exact) mass is 362 g/mol. The largest absolute Gasteiger partial charge is 0.465 e. The fourth-order valence-electron chi connectivity index (χ4n) is 2.28. The molecule has 0 aliphatic rings. The Kier molecular flexibility index (Phi) is 6.71. The molecule has 132 valence electrons. The Morgan fingerprint density at radius 3 is 2.56 bits per heavy atom. The molecule has 0 saturated carbocycles. The van der Waals surface area contributed by atoms with Crippen LogP contribution < -0.4 is 5.32 Å². The van der Waals surface area contributed by atoms with Gasteiger partial charge in [0.2, 0.25) is 5.91 Å². The molecule has 25 heavy (non-hydrogen) atoms. The van der Waals surface area contributed by atoms with Gasteiger partial charge in [0.15, 0.2) is 5.15 Å². The lowest BCUT2D eigenvalue weighted by Crippen LogP contribution is -2.48. The van der Waals surface area contributed by atoms with E-state index in [1.807, 2.05) is 30.3 Å². The van der Waals surface area contributed by atoms with Crippen LogP contribution >= 0.6 is 11.6 Å². The van der Waals surface area contributed by atoms with Crippen molar-refractivity contribution in [2.45, 2.75) is 25.9 Å². The van der Waals surface area contributed by atoms with Crippen molar-refractivity contribution in [2.24, 2.45) is 0 Å². The predicted octanol–water partition coefficient (Wildman–Crippen LogP) is 2.36. The molecule has 0 aliphatic heterocycles. The molecule has 2 aromatic rings. The standard InChI is InChI=1S/C17H19ClN4O3/c1-12(16(23)21-11-14-15(18)20-9-8-19-14)22(17(24)25)10-7-13-5-3-2-4-6-13/h2-6,8-9,12H,7,10-11H2,1H3,(H,21,23)(H,24,25). The second-order valence-electron chi connectivity index (χ2n) is 5.40. The Bertz CT molecular complexity index is 727. The van der Waals surface area contributed by atoms with Crippen LogP contribution in [0.1, 0.15) is 18.2 Å². The van der Waals surface area contributed by atoms with Gasteiger partial charge < -0.3 is 10.4 Å². The zero-order chi connectivity index (χ0) is 18.2. The SMILES string of the molecule is CC(C(=O)NCc1nccnc1Cl)N(CCc1ccccc1)C(=O)O. The second kappa shape index (κ2) is 8.98. The molecule has 1 atom stereocenters. The molecule has 0 radical (unpaired) electrons. The van der Waals surface area contributed by atoms with Crippen LogP contribution in [0.3, 0.4) is 0 Å². The lowest BCUT2D eigenvalue weighted by molar-refractivity contribution is -0.125. The highest BCUT2D eigenvalue weighted by molar-refractivity contribution is 6.29. The minimum Gasteiger partial charge on any atom is -0.465 e. The number of carboxylic acid groups (broad SMARTS) is 1. The molecule has 1 heterocycles. The summed E-state index contributed by atoms with van der Waals surface area (Å²) in [5, 5.41) is 12.2. The summed E-state index contributed by atoms with van der Waals surface area (Å²) in [4.78, 5) is 32.8. The van der Waals surface area contributed by atoms with E-state index >= 15 is 0 Å². The van der Waals surface area contributed by atoms with Crippen molar-refractivity contribution < 1.29 is 14.7 Å². The van der Waals surface area contributed by atoms with Crippen molar-refractivity contribution in [3.05, 3.63) is 59.1 Å². The van der Waals surface area contributed by atoms with E-state index in [0.29, 0.717) is 12.1 Å². The van der Waals surface area contributed by atoms with Gasteiger partial charge in [-0.15, -0.1) is 0 Å². The first-order chi connectivity index (χ1) is 12.0. The molecule has 2 rings (SSSR count). The van der Waals surface area contributed by atoms with Gasteiger partial charge in [-0.1, -0.05) is 41.9 Å². The molecule has 8 heteroatoms. The quantitative estimate of drug-likeness (QED) is 0.788. The van der Waals surface area contributed by atoms with Crippen LogP contribution in [-0.2, 0) is 17.8 Å². The average molecular weight is 363 g/mol. The molecule has 1 unspecified atom stereocenters. The second-order valence-corrected chi connectivity index (χ2v) is 5.76. The first-order valence-corrected chi connectivity index (χ1v) is 8.13. The summed E-state index contributed by atoms with van der Waals surface area (Å²) in [6.45, 7) is 1.86. The molecule has 0 saturated heterocycles. The molecular weight excluding hydrogens is 344 g/mol. The number of hydrogen-bond acceptors (Lipinski definition) is 4. The van der Waals surface area contributed by atoms with E-state index < -0.39 is 18.0 Å². The molecule has 0 aliphatic carbocycles. The van der Waals surface area contributed by atoms with E-state index in [0.717, 1.165) is 10.5 Å².